The van der Waals surface area contributed by atoms with Crippen LogP contribution in [0.15, 0.2) is 6.07 Å². The van der Waals surface area contributed by atoms with Crippen LogP contribution in [0, 0.1) is 5.92 Å². The summed E-state index contributed by atoms with van der Waals surface area (Å²) < 4.78 is 1.09. The summed E-state index contributed by atoms with van der Waals surface area (Å²) in [6.45, 7) is 4.10. The number of amides is 1. The van der Waals surface area contributed by atoms with Crippen molar-refractivity contribution in [1.29, 1.82) is 0 Å². The van der Waals surface area contributed by atoms with Gasteiger partial charge in [-0.05, 0) is 24.9 Å². The normalized spacial score (nSPS) is 20.5. The van der Waals surface area contributed by atoms with Crippen LogP contribution in [0.5, 0.6) is 0 Å². The second kappa shape index (κ2) is 8.48. The summed E-state index contributed by atoms with van der Waals surface area (Å²) in [7, 11) is 3.96. The summed E-state index contributed by atoms with van der Waals surface area (Å²) in [5.74, 6) is 0.548. The van der Waals surface area contributed by atoms with Crippen molar-refractivity contribution in [3.63, 3.8) is 0 Å². The second-order valence-electron chi connectivity index (χ2n) is 5.72. The zero-order valence-electron chi connectivity index (χ0n) is 13.3. The molecular weight excluding hydrogens is 375 g/mol. The molecule has 1 amide bonds. The molecule has 0 bridgehead atoms. The molecule has 2 unspecified atom stereocenters. The van der Waals surface area contributed by atoms with Gasteiger partial charge in [0.15, 0.2) is 5.13 Å². The molecule has 2 atom stereocenters. The van der Waals surface area contributed by atoms with E-state index in [-0.39, 0.29) is 36.8 Å². The lowest BCUT2D eigenvalue weighted by atomic mass is 9.95. The number of carbonyl (C=O) groups is 1. The summed E-state index contributed by atoms with van der Waals surface area (Å²) in [6, 6.07) is 2.18. The standard InChI is InChI=1S/C14H20N4OS2.2ClH/c1-8-4-5-15-7-9(8)16-12(19)10-6-11-13(20-10)17-14(21-11)18(2)3;;/h6,8-9,15H,4-5,7H2,1-3H3,(H,16,19);2*1H. The molecule has 0 saturated carbocycles. The number of thiophene rings is 1. The Morgan fingerprint density at radius 1 is 1.39 bits per heavy atom. The molecule has 3 heterocycles. The minimum absolute atomic E-state index is 0. The van der Waals surface area contributed by atoms with Gasteiger partial charge in [0.25, 0.3) is 5.91 Å². The van der Waals surface area contributed by atoms with E-state index in [2.05, 4.69) is 22.5 Å². The van der Waals surface area contributed by atoms with Crippen LogP contribution in [-0.2, 0) is 0 Å². The van der Waals surface area contributed by atoms with Crippen LogP contribution in [0.3, 0.4) is 0 Å². The quantitative estimate of drug-likeness (QED) is 0.836. The summed E-state index contributed by atoms with van der Waals surface area (Å²) >= 11 is 3.10. The molecule has 1 aliphatic heterocycles. The summed E-state index contributed by atoms with van der Waals surface area (Å²) in [5.41, 5.74) is 0. The van der Waals surface area contributed by atoms with Crippen molar-refractivity contribution in [2.24, 2.45) is 5.92 Å². The maximum absolute atomic E-state index is 12.4. The van der Waals surface area contributed by atoms with E-state index in [0.717, 1.165) is 39.0 Å². The van der Waals surface area contributed by atoms with Crippen LogP contribution in [0.1, 0.15) is 23.0 Å². The fraction of sp³-hybridized carbons (Fsp3) is 0.571. The molecule has 1 aliphatic rings. The van der Waals surface area contributed by atoms with Crippen LogP contribution in [0.2, 0.25) is 0 Å². The average Bonchev–Trinajstić information content (AvgIpc) is 2.99. The van der Waals surface area contributed by atoms with Crippen LogP contribution >= 0.6 is 47.5 Å². The number of carbonyl (C=O) groups excluding carboxylic acids is 1. The average molecular weight is 397 g/mol. The zero-order chi connectivity index (χ0) is 15.0. The van der Waals surface area contributed by atoms with Crippen molar-refractivity contribution >= 4 is 68.1 Å². The first-order valence-corrected chi connectivity index (χ1v) is 8.77. The number of piperidine rings is 1. The van der Waals surface area contributed by atoms with E-state index >= 15 is 0 Å². The van der Waals surface area contributed by atoms with Crippen molar-refractivity contribution in [1.82, 2.24) is 15.6 Å². The molecule has 9 heteroatoms. The Bertz CT molecular complexity index is 627. The number of hydrogen-bond acceptors (Lipinski definition) is 6. The summed E-state index contributed by atoms with van der Waals surface area (Å²) in [5, 5.41) is 7.46. The molecule has 0 radical (unpaired) electrons. The number of aromatic nitrogens is 1. The number of hydrogen-bond donors (Lipinski definition) is 2. The summed E-state index contributed by atoms with van der Waals surface area (Å²) in [4.78, 5) is 20.6. The molecule has 0 aromatic carbocycles. The Labute approximate surface area is 156 Å². The van der Waals surface area contributed by atoms with E-state index in [1.807, 2.05) is 25.1 Å². The largest absolute Gasteiger partial charge is 0.354 e. The monoisotopic (exact) mass is 396 g/mol. The van der Waals surface area contributed by atoms with Gasteiger partial charge in [-0.15, -0.1) is 36.2 Å². The van der Waals surface area contributed by atoms with Gasteiger partial charge in [-0.1, -0.05) is 18.3 Å². The lowest BCUT2D eigenvalue weighted by molar-refractivity contribution is 0.0919. The molecule has 0 aliphatic carbocycles. The Balaban J connectivity index is 0.00000132. The molecule has 2 N–H and O–H groups in total. The van der Waals surface area contributed by atoms with E-state index in [0.29, 0.717) is 5.92 Å². The van der Waals surface area contributed by atoms with Gasteiger partial charge in [0.2, 0.25) is 0 Å². The first-order valence-electron chi connectivity index (χ1n) is 7.14. The van der Waals surface area contributed by atoms with E-state index in [4.69, 9.17) is 0 Å². The lowest BCUT2D eigenvalue weighted by Crippen LogP contribution is -2.50. The highest BCUT2D eigenvalue weighted by Crippen LogP contribution is 2.33. The molecule has 3 rings (SSSR count). The van der Waals surface area contributed by atoms with E-state index in [1.54, 1.807) is 11.3 Å². The molecule has 2 aromatic heterocycles. The second-order valence-corrected chi connectivity index (χ2v) is 7.76. The van der Waals surface area contributed by atoms with Crippen molar-refractivity contribution in [2.75, 3.05) is 32.1 Å². The molecule has 130 valence electrons. The van der Waals surface area contributed by atoms with Crippen molar-refractivity contribution in [3.05, 3.63) is 10.9 Å². The van der Waals surface area contributed by atoms with E-state index < -0.39 is 0 Å². The Morgan fingerprint density at radius 3 is 2.74 bits per heavy atom. The van der Waals surface area contributed by atoms with E-state index in [1.165, 1.54) is 11.3 Å². The molecule has 0 spiro atoms. The number of anilines is 1. The number of nitrogens with zero attached hydrogens (tertiary/aromatic N) is 2. The highest BCUT2D eigenvalue weighted by atomic mass is 35.5. The lowest BCUT2D eigenvalue weighted by Gasteiger charge is -2.30. The first-order chi connectivity index (χ1) is 10.0. The number of fused-ring (bicyclic) bond motifs is 1. The molecule has 1 saturated heterocycles. The van der Waals surface area contributed by atoms with Crippen LogP contribution in [-0.4, -0.2) is 44.1 Å². The van der Waals surface area contributed by atoms with Crippen LogP contribution in [0.25, 0.3) is 9.53 Å². The molecular formula is C14H22Cl2N4OS2. The van der Waals surface area contributed by atoms with Gasteiger partial charge in [-0.25, -0.2) is 4.98 Å². The maximum Gasteiger partial charge on any atom is 0.261 e. The minimum Gasteiger partial charge on any atom is -0.354 e. The predicted octanol–water partition coefficient (Wildman–Crippen LogP) is 3.00. The Morgan fingerprint density at radius 2 is 2.13 bits per heavy atom. The van der Waals surface area contributed by atoms with Gasteiger partial charge in [0.1, 0.15) is 4.83 Å². The molecule has 2 aromatic rings. The number of halogens is 2. The van der Waals surface area contributed by atoms with E-state index in [9.17, 15) is 4.79 Å². The van der Waals surface area contributed by atoms with Gasteiger partial charge < -0.3 is 15.5 Å². The molecule has 23 heavy (non-hydrogen) atoms. The minimum atomic E-state index is 0. The molecule has 1 fully saturated rings. The third-order valence-corrected chi connectivity index (χ3v) is 6.16. The molecule has 5 nitrogen and oxygen atoms in total. The van der Waals surface area contributed by atoms with Gasteiger partial charge in [0, 0.05) is 26.7 Å². The third kappa shape index (κ3) is 4.48. The number of rotatable bonds is 3. The summed E-state index contributed by atoms with van der Waals surface area (Å²) in [6.07, 6.45) is 1.11. The van der Waals surface area contributed by atoms with Gasteiger partial charge in [-0.3, -0.25) is 4.79 Å². The predicted molar refractivity (Wildman–Crippen MR) is 104 cm³/mol. The number of nitrogens with one attached hydrogen (secondary N) is 2. The van der Waals surface area contributed by atoms with Crippen LogP contribution < -0.4 is 15.5 Å². The third-order valence-electron chi connectivity index (χ3n) is 3.83. The Kier molecular flexibility index (Phi) is 7.54. The van der Waals surface area contributed by atoms with Crippen molar-refractivity contribution in [2.45, 2.75) is 19.4 Å². The Hall–Kier alpha value is -0.600. The number of thiazole rings is 1. The van der Waals surface area contributed by atoms with Crippen molar-refractivity contribution in [3.8, 4) is 0 Å². The SMILES string of the molecule is CC1CCNCC1NC(=O)c1cc2sc(N(C)C)nc2s1.Cl.Cl. The van der Waals surface area contributed by atoms with Crippen LogP contribution in [0.4, 0.5) is 5.13 Å². The maximum atomic E-state index is 12.4. The fourth-order valence-electron chi connectivity index (χ4n) is 2.45. The van der Waals surface area contributed by atoms with Gasteiger partial charge in [0.05, 0.1) is 9.58 Å². The highest BCUT2D eigenvalue weighted by molar-refractivity contribution is 7.29. The van der Waals surface area contributed by atoms with Gasteiger partial charge in [-0.2, -0.15) is 0 Å². The smallest absolute Gasteiger partial charge is 0.261 e. The van der Waals surface area contributed by atoms with Crippen molar-refractivity contribution < 1.29 is 4.79 Å². The zero-order valence-corrected chi connectivity index (χ0v) is 16.6. The highest BCUT2D eigenvalue weighted by Gasteiger charge is 2.24. The first kappa shape index (κ1) is 20.4. The fourth-order valence-corrected chi connectivity index (χ4v) is 4.49. The topological polar surface area (TPSA) is 57.3 Å². The van der Waals surface area contributed by atoms with Gasteiger partial charge >= 0.3 is 0 Å².